The molecule has 0 unspecified atom stereocenters. The van der Waals surface area contributed by atoms with E-state index in [-0.39, 0.29) is 12.4 Å². The number of rotatable bonds is 7. The van der Waals surface area contributed by atoms with Crippen LogP contribution in [0.1, 0.15) is 11.1 Å². The minimum atomic E-state index is -0.285. The molecule has 0 atom stereocenters. The van der Waals surface area contributed by atoms with E-state index in [4.69, 9.17) is 21.1 Å². The van der Waals surface area contributed by atoms with E-state index in [9.17, 15) is 4.39 Å². The molecular weight excluding hydrogens is 353 g/mol. The van der Waals surface area contributed by atoms with Gasteiger partial charge < -0.3 is 14.8 Å². The Kier molecular flexibility index (Phi) is 5.97. The van der Waals surface area contributed by atoms with E-state index in [1.54, 1.807) is 25.3 Å². The minimum Gasteiger partial charge on any atom is -0.493 e. The lowest BCUT2D eigenvalue weighted by Gasteiger charge is -2.14. The number of anilines is 1. The van der Waals surface area contributed by atoms with Gasteiger partial charge in [-0.3, -0.25) is 0 Å². The summed E-state index contributed by atoms with van der Waals surface area (Å²) in [5.74, 6) is 0.879. The maximum Gasteiger partial charge on any atom is 0.161 e. The van der Waals surface area contributed by atoms with E-state index in [0.717, 1.165) is 11.3 Å². The second kappa shape index (κ2) is 8.59. The number of hydrogen-bond donors (Lipinski definition) is 1. The summed E-state index contributed by atoms with van der Waals surface area (Å²) in [4.78, 5) is 0. The number of para-hydroxylation sites is 1. The molecule has 134 valence electrons. The van der Waals surface area contributed by atoms with Crippen molar-refractivity contribution in [2.75, 3.05) is 12.4 Å². The maximum absolute atomic E-state index is 13.7. The number of benzene rings is 3. The maximum atomic E-state index is 13.7. The molecule has 0 bridgehead atoms. The van der Waals surface area contributed by atoms with E-state index in [0.29, 0.717) is 28.6 Å². The first-order chi connectivity index (χ1) is 12.7. The van der Waals surface area contributed by atoms with E-state index in [1.807, 2.05) is 42.5 Å². The Labute approximate surface area is 157 Å². The van der Waals surface area contributed by atoms with Gasteiger partial charge in [0, 0.05) is 12.1 Å². The van der Waals surface area contributed by atoms with Crippen molar-refractivity contribution < 1.29 is 13.9 Å². The van der Waals surface area contributed by atoms with Crippen LogP contribution < -0.4 is 14.8 Å². The third kappa shape index (κ3) is 4.46. The molecule has 3 rings (SSSR count). The SMILES string of the molecule is COc1cc(CNc2ccccc2Cl)ccc1OCc1ccccc1F. The predicted octanol–water partition coefficient (Wildman–Crippen LogP) is 5.68. The quantitative estimate of drug-likeness (QED) is 0.579. The van der Waals surface area contributed by atoms with Crippen LogP contribution in [0.2, 0.25) is 5.02 Å². The number of nitrogens with one attached hydrogen (secondary N) is 1. The Morgan fingerprint density at radius 2 is 1.73 bits per heavy atom. The summed E-state index contributed by atoms with van der Waals surface area (Å²) >= 11 is 6.15. The fourth-order valence-electron chi connectivity index (χ4n) is 2.51. The molecule has 0 fully saturated rings. The van der Waals surface area contributed by atoms with Gasteiger partial charge in [-0.15, -0.1) is 0 Å². The van der Waals surface area contributed by atoms with Crippen molar-refractivity contribution in [3.05, 3.63) is 88.7 Å². The Morgan fingerprint density at radius 1 is 0.962 bits per heavy atom. The van der Waals surface area contributed by atoms with Crippen LogP contribution in [0.5, 0.6) is 11.5 Å². The first-order valence-corrected chi connectivity index (χ1v) is 8.56. The highest BCUT2D eigenvalue weighted by molar-refractivity contribution is 6.33. The summed E-state index contributed by atoms with van der Waals surface area (Å²) < 4.78 is 24.8. The van der Waals surface area contributed by atoms with Crippen LogP contribution in [0.3, 0.4) is 0 Å². The zero-order valence-electron chi connectivity index (χ0n) is 14.3. The lowest BCUT2D eigenvalue weighted by atomic mass is 10.2. The smallest absolute Gasteiger partial charge is 0.161 e. The van der Waals surface area contributed by atoms with E-state index < -0.39 is 0 Å². The van der Waals surface area contributed by atoms with Crippen LogP contribution in [0, 0.1) is 5.82 Å². The topological polar surface area (TPSA) is 30.5 Å². The Morgan fingerprint density at radius 3 is 2.50 bits per heavy atom. The highest BCUT2D eigenvalue weighted by atomic mass is 35.5. The minimum absolute atomic E-state index is 0.139. The molecule has 0 aliphatic carbocycles. The van der Waals surface area contributed by atoms with Gasteiger partial charge in [0.15, 0.2) is 11.5 Å². The van der Waals surface area contributed by atoms with Gasteiger partial charge >= 0.3 is 0 Å². The van der Waals surface area contributed by atoms with Gasteiger partial charge in [-0.2, -0.15) is 0 Å². The molecule has 0 amide bonds. The van der Waals surface area contributed by atoms with Gasteiger partial charge in [0.2, 0.25) is 0 Å². The largest absolute Gasteiger partial charge is 0.493 e. The lowest BCUT2D eigenvalue weighted by molar-refractivity contribution is 0.279. The summed E-state index contributed by atoms with van der Waals surface area (Å²) in [5.41, 5.74) is 2.38. The third-order valence-corrected chi connectivity index (χ3v) is 4.26. The van der Waals surface area contributed by atoms with E-state index in [1.165, 1.54) is 6.07 Å². The molecule has 0 aliphatic heterocycles. The van der Waals surface area contributed by atoms with Crippen LogP contribution in [-0.4, -0.2) is 7.11 Å². The highest BCUT2D eigenvalue weighted by Gasteiger charge is 2.08. The van der Waals surface area contributed by atoms with Gasteiger partial charge in [-0.25, -0.2) is 4.39 Å². The molecular formula is C21H19ClFNO2. The summed E-state index contributed by atoms with van der Waals surface area (Å²) in [6, 6.07) is 19.8. The van der Waals surface area contributed by atoms with Crippen LogP contribution in [-0.2, 0) is 13.2 Å². The van der Waals surface area contributed by atoms with E-state index >= 15 is 0 Å². The Balaban J connectivity index is 1.67. The molecule has 0 saturated heterocycles. The van der Waals surface area contributed by atoms with Crippen molar-refractivity contribution in [3.63, 3.8) is 0 Å². The number of hydrogen-bond acceptors (Lipinski definition) is 3. The normalized spacial score (nSPS) is 10.4. The monoisotopic (exact) mass is 371 g/mol. The highest BCUT2D eigenvalue weighted by Crippen LogP contribution is 2.30. The molecule has 0 heterocycles. The summed E-state index contributed by atoms with van der Waals surface area (Å²) in [6.45, 7) is 0.730. The van der Waals surface area contributed by atoms with Crippen LogP contribution in [0.4, 0.5) is 10.1 Å². The zero-order valence-corrected chi connectivity index (χ0v) is 15.1. The molecule has 0 aromatic heterocycles. The van der Waals surface area contributed by atoms with Crippen molar-refractivity contribution in [1.29, 1.82) is 0 Å². The average molecular weight is 372 g/mol. The molecule has 5 heteroatoms. The van der Waals surface area contributed by atoms with Crippen LogP contribution in [0.15, 0.2) is 66.7 Å². The van der Waals surface area contributed by atoms with Gasteiger partial charge in [0.25, 0.3) is 0 Å². The molecule has 3 aromatic rings. The third-order valence-electron chi connectivity index (χ3n) is 3.93. The fraction of sp³-hybridized carbons (Fsp3) is 0.143. The fourth-order valence-corrected chi connectivity index (χ4v) is 2.72. The molecule has 3 nitrogen and oxygen atoms in total. The van der Waals surface area contributed by atoms with Crippen molar-refractivity contribution >= 4 is 17.3 Å². The number of methoxy groups -OCH3 is 1. The van der Waals surface area contributed by atoms with Crippen LogP contribution in [0.25, 0.3) is 0 Å². The van der Waals surface area contributed by atoms with Gasteiger partial charge in [-0.05, 0) is 35.9 Å². The van der Waals surface area contributed by atoms with Gasteiger partial charge in [0.05, 0.1) is 17.8 Å². The van der Waals surface area contributed by atoms with Crippen molar-refractivity contribution in [2.24, 2.45) is 0 Å². The van der Waals surface area contributed by atoms with Gasteiger partial charge in [-0.1, -0.05) is 48.0 Å². The molecule has 0 spiro atoms. The number of halogens is 2. The lowest BCUT2D eigenvalue weighted by Crippen LogP contribution is -2.03. The summed E-state index contributed by atoms with van der Waals surface area (Å²) in [5, 5.41) is 3.96. The number of ether oxygens (including phenoxy) is 2. The second-order valence-electron chi connectivity index (χ2n) is 5.70. The molecule has 3 aromatic carbocycles. The Hall–Kier alpha value is -2.72. The standard InChI is InChI=1S/C21H19ClFNO2/c1-25-21-12-15(13-24-19-9-5-3-7-17(19)22)10-11-20(21)26-14-16-6-2-4-8-18(16)23/h2-12,24H,13-14H2,1H3. The van der Waals surface area contributed by atoms with Crippen molar-refractivity contribution in [1.82, 2.24) is 0 Å². The zero-order chi connectivity index (χ0) is 18.4. The first-order valence-electron chi connectivity index (χ1n) is 8.19. The summed E-state index contributed by atoms with van der Waals surface area (Å²) in [6.07, 6.45) is 0. The average Bonchev–Trinajstić information content (AvgIpc) is 2.67. The molecule has 0 aliphatic rings. The Bertz CT molecular complexity index is 885. The molecule has 0 saturated carbocycles. The molecule has 26 heavy (non-hydrogen) atoms. The van der Waals surface area contributed by atoms with Crippen LogP contribution >= 0.6 is 11.6 Å². The van der Waals surface area contributed by atoms with Crippen molar-refractivity contribution in [3.8, 4) is 11.5 Å². The molecule has 1 N–H and O–H groups in total. The van der Waals surface area contributed by atoms with Gasteiger partial charge in [0.1, 0.15) is 12.4 Å². The van der Waals surface area contributed by atoms with Crippen molar-refractivity contribution in [2.45, 2.75) is 13.2 Å². The first kappa shape index (κ1) is 18.1. The predicted molar refractivity (Wildman–Crippen MR) is 103 cm³/mol. The molecule has 0 radical (unpaired) electrons. The summed E-state index contributed by atoms with van der Waals surface area (Å²) in [7, 11) is 1.58. The van der Waals surface area contributed by atoms with E-state index in [2.05, 4.69) is 5.32 Å². The second-order valence-corrected chi connectivity index (χ2v) is 6.11.